The largest absolute Gasteiger partial charge is 0.370 e. The van der Waals surface area contributed by atoms with Gasteiger partial charge in [0.05, 0.1) is 10.7 Å². The van der Waals surface area contributed by atoms with Crippen molar-refractivity contribution >= 4 is 17.3 Å². The van der Waals surface area contributed by atoms with Gasteiger partial charge in [-0.1, -0.05) is 37.6 Å². The van der Waals surface area contributed by atoms with Gasteiger partial charge in [-0.05, 0) is 24.5 Å². The van der Waals surface area contributed by atoms with Gasteiger partial charge in [0.25, 0.3) is 0 Å². The van der Waals surface area contributed by atoms with Gasteiger partial charge in [0.15, 0.2) is 0 Å². The average molecular weight is 241 g/mol. The highest BCUT2D eigenvalue weighted by Gasteiger charge is 2.18. The van der Waals surface area contributed by atoms with Crippen LogP contribution in [0.25, 0.3) is 0 Å². The van der Waals surface area contributed by atoms with Gasteiger partial charge in [-0.2, -0.15) is 0 Å². The van der Waals surface area contributed by atoms with Crippen molar-refractivity contribution in [2.45, 2.75) is 33.4 Å². The summed E-state index contributed by atoms with van der Waals surface area (Å²) in [5, 5.41) is 0.776. The minimum atomic E-state index is 0.435. The first kappa shape index (κ1) is 13.3. The molecule has 1 rings (SSSR count). The van der Waals surface area contributed by atoms with Gasteiger partial charge in [-0.25, -0.2) is 0 Å². The lowest BCUT2D eigenvalue weighted by Gasteiger charge is -2.32. The van der Waals surface area contributed by atoms with Crippen LogP contribution in [0.3, 0.4) is 0 Å². The molecule has 0 fully saturated rings. The van der Waals surface area contributed by atoms with Gasteiger partial charge in [-0.15, -0.1) is 0 Å². The molecule has 0 bridgehead atoms. The Bertz CT molecular complexity index is 350. The predicted octanol–water partition coefficient (Wildman–Crippen LogP) is 3.28. The Morgan fingerprint density at radius 3 is 2.44 bits per heavy atom. The van der Waals surface area contributed by atoms with Gasteiger partial charge < -0.3 is 10.6 Å². The van der Waals surface area contributed by atoms with Crippen molar-refractivity contribution < 1.29 is 0 Å². The number of hydrogen-bond donors (Lipinski definition) is 1. The normalized spacial score (nSPS) is 12.9. The molecule has 1 aromatic carbocycles. The predicted molar refractivity (Wildman–Crippen MR) is 72.0 cm³/mol. The lowest BCUT2D eigenvalue weighted by Crippen LogP contribution is -2.34. The maximum absolute atomic E-state index is 6.25. The van der Waals surface area contributed by atoms with E-state index in [1.54, 1.807) is 0 Å². The Labute approximate surface area is 103 Å². The summed E-state index contributed by atoms with van der Waals surface area (Å²) in [5.41, 5.74) is 7.91. The van der Waals surface area contributed by atoms with Crippen molar-refractivity contribution in [2.24, 2.45) is 11.7 Å². The molecule has 0 spiro atoms. The summed E-state index contributed by atoms with van der Waals surface area (Å²) in [5.74, 6) is 0.576. The topological polar surface area (TPSA) is 29.3 Å². The summed E-state index contributed by atoms with van der Waals surface area (Å²) in [6.07, 6.45) is 0. The van der Waals surface area contributed by atoms with Crippen LogP contribution in [0.5, 0.6) is 0 Å². The standard InChI is InChI=1S/C13H21ClN2/c1-9(2)10(3)16(4)13-11(8-15)6-5-7-12(13)14/h5-7,9-10H,8,15H2,1-4H3. The molecule has 0 aromatic heterocycles. The van der Waals surface area contributed by atoms with Crippen LogP contribution < -0.4 is 10.6 Å². The van der Waals surface area contributed by atoms with Crippen LogP contribution in [0.15, 0.2) is 18.2 Å². The number of halogens is 1. The quantitative estimate of drug-likeness (QED) is 0.875. The smallest absolute Gasteiger partial charge is 0.0642 e. The van der Waals surface area contributed by atoms with Gasteiger partial charge in [0.1, 0.15) is 0 Å². The van der Waals surface area contributed by atoms with Crippen molar-refractivity contribution in [3.63, 3.8) is 0 Å². The molecule has 3 heteroatoms. The Balaban J connectivity index is 3.11. The zero-order chi connectivity index (χ0) is 12.3. The number of benzene rings is 1. The zero-order valence-corrected chi connectivity index (χ0v) is 11.3. The van der Waals surface area contributed by atoms with E-state index >= 15 is 0 Å². The van der Waals surface area contributed by atoms with Crippen LogP contribution in [0, 0.1) is 5.92 Å². The highest BCUT2D eigenvalue weighted by molar-refractivity contribution is 6.33. The van der Waals surface area contributed by atoms with Crippen molar-refractivity contribution in [3.8, 4) is 0 Å². The summed E-state index contributed by atoms with van der Waals surface area (Å²) in [6, 6.07) is 6.33. The van der Waals surface area contributed by atoms with E-state index in [1.165, 1.54) is 0 Å². The molecule has 0 saturated carbocycles. The van der Waals surface area contributed by atoms with Crippen LogP contribution in [0.1, 0.15) is 26.3 Å². The highest BCUT2D eigenvalue weighted by atomic mass is 35.5. The molecule has 0 aliphatic rings. The van der Waals surface area contributed by atoms with Crippen LogP contribution in [-0.2, 0) is 6.54 Å². The fraction of sp³-hybridized carbons (Fsp3) is 0.538. The van der Waals surface area contributed by atoms with Crippen molar-refractivity contribution in [1.82, 2.24) is 0 Å². The SMILES string of the molecule is CC(C)C(C)N(C)c1c(Cl)cccc1CN. The third-order valence-electron chi connectivity index (χ3n) is 3.22. The van der Waals surface area contributed by atoms with Crippen LogP contribution >= 0.6 is 11.6 Å². The Morgan fingerprint density at radius 1 is 1.31 bits per heavy atom. The van der Waals surface area contributed by atoms with E-state index in [0.717, 1.165) is 16.3 Å². The number of para-hydroxylation sites is 1. The second kappa shape index (κ2) is 5.55. The van der Waals surface area contributed by atoms with E-state index in [4.69, 9.17) is 17.3 Å². The first-order valence-corrected chi connectivity index (χ1v) is 6.07. The summed E-state index contributed by atoms with van der Waals surface area (Å²) >= 11 is 6.25. The molecule has 0 radical (unpaired) electrons. The van der Waals surface area contributed by atoms with Crippen LogP contribution in [-0.4, -0.2) is 13.1 Å². The Morgan fingerprint density at radius 2 is 1.94 bits per heavy atom. The molecule has 2 nitrogen and oxygen atoms in total. The van der Waals surface area contributed by atoms with E-state index in [2.05, 4.69) is 32.7 Å². The molecule has 0 aliphatic heterocycles. The molecule has 0 amide bonds. The molecule has 1 aromatic rings. The molecule has 1 atom stereocenters. The average Bonchev–Trinajstić information content (AvgIpc) is 2.26. The number of nitrogens with two attached hydrogens (primary N) is 1. The van der Waals surface area contributed by atoms with Crippen molar-refractivity contribution in [1.29, 1.82) is 0 Å². The molecule has 1 unspecified atom stereocenters. The minimum absolute atomic E-state index is 0.435. The first-order valence-electron chi connectivity index (χ1n) is 5.69. The van der Waals surface area contributed by atoms with E-state index < -0.39 is 0 Å². The van der Waals surface area contributed by atoms with E-state index in [-0.39, 0.29) is 0 Å². The van der Waals surface area contributed by atoms with Crippen molar-refractivity contribution in [2.75, 3.05) is 11.9 Å². The number of hydrogen-bond acceptors (Lipinski definition) is 2. The lowest BCUT2D eigenvalue weighted by atomic mass is 10.0. The summed E-state index contributed by atoms with van der Waals surface area (Å²) in [6.45, 7) is 7.14. The third kappa shape index (κ3) is 2.69. The maximum atomic E-state index is 6.25. The fourth-order valence-electron chi connectivity index (χ4n) is 1.77. The summed E-state index contributed by atoms with van der Waals surface area (Å²) < 4.78 is 0. The second-order valence-corrected chi connectivity index (χ2v) is 4.95. The molecular weight excluding hydrogens is 220 g/mol. The maximum Gasteiger partial charge on any atom is 0.0642 e. The molecule has 2 N–H and O–H groups in total. The first-order chi connectivity index (χ1) is 7.49. The summed E-state index contributed by atoms with van der Waals surface area (Å²) in [4.78, 5) is 2.22. The van der Waals surface area contributed by atoms with Gasteiger partial charge in [0, 0.05) is 19.6 Å². The van der Waals surface area contributed by atoms with E-state index in [1.807, 2.05) is 18.2 Å². The molecule has 0 heterocycles. The highest BCUT2D eigenvalue weighted by Crippen LogP contribution is 2.31. The van der Waals surface area contributed by atoms with Crippen LogP contribution in [0.2, 0.25) is 5.02 Å². The summed E-state index contributed by atoms with van der Waals surface area (Å²) in [7, 11) is 2.07. The molecular formula is C13H21ClN2. The fourth-order valence-corrected chi connectivity index (χ4v) is 2.10. The van der Waals surface area contributed by atoms with Gasteiger partial charge in [0.2, 0.25) is 0 Å². The number of anilines is 1. The number of nitrogens with zero attached hydrogens (tertiary/aromatic N) is 1. The van der Waals surface area contributed by atoms with Crippen molar-refractivity contribution in [3.05, 3.63) is 28.8 Å². The lowest BCUT2D eigenvalue weighted by molar-refractivity contribution is 0.505. The Kier molecular flexibility index (Phi) is 4.63. The monoisotopic (exact) mass is 240 g/mol. The zero-order valence-electron chi connectivity index (χ0n) is 10.5. The van der Waals surface area contributed by atoms with Gasteiger partial charge in [-0.3, -0.25) is 0 Å². The third-order valence-corrected chi connectivity index (χ3v) is 3.52. The molecule has 90 valence electrons. The van der Waals surface area contributed by atoms with Gasteiger partial charge >= 0.3 is 0 Å². The molecule has 0 saturated heterocycles. The Hall–Kier alpha value is -0.730. The molecule has 0 aliphatic carbocycles. The second-order valence-electron chi connectivity index (χ2n) is 4.55. The minimum Gasteiger partial charge on any atom is -0.370 e. The van der Waals surface area contributed by atoms with Crippen LogP contribution in [0.4, 0.5) is 5.69 Å². The van der Waals surface area contributed by atoms with E-state index in [9.17, 15) is 0 Å². The number of rotatable bonds is 4. The van der Waals surface area contributed by atoms with E-state index in [0.29, 0.717) is 18.5 Å². The molecule has 16 heavy (non-hydrogen) atoms.